The molecule has 2 aliphatic rings. The molecule has 0 aromatic rings. The minimum absolute atomic E-state index is 0.0648. The summed E-state index contributed by atoms with van der Waals surface area (Å²) in [5.41, 5.74) is 0. The van der Waals surface area contributed by atoms with Gasteiger partial charge >= 0.3 is 0 Å². The maximum atomic E-state index is 8.66. The van der Waals surface area contributed by atoms with Gasteiger partial charge in [-0.05, 0) is 51.1 Å². The Bertz CT molecular complexity index is 120. The lowest BCUT2D eigenvalue weighted by Crippen LogP contribution is -2.29. The van der Waals surface area contributed by atoms with E-state index >= 15 is 0 Å². The molecule has 0 aromatic carbocycles. The molecule has 0 unspecified atom stereocenters. The molecule has 1 saturated heterocycles. The lowest BCUT2D eigenvalue weighted by atomic mass is 9.97. The Morgan fingerprint density at radius 1 is 1.08 bits per heavy atom. The van der Waals surface area contributed by atoms with E-state index in [1.807, 2.05) is 0 Å². The number of rotatable bonds is 1. The molecular formula is C10H21NO2. The van der Waals surface area contributed by atoms with Crippen LogP contribution in [0.15, 0.2) is 0 Å². The Balaban J connectivity index is 0.000000145. The van der Waals surface area contributed by atoms with Gasteiger partial charge in [0, 0.05) is 6.61 Å². The monoisotopic (exact) mass is 187 g/mol. The molecule has 0 atom stereocenters. The SMILES string of the molecule is OC1CCC1.OCC1CCNCC1. The third-order valence-corrected chi connectivity index (χ3v) is 2.79. The van der Waals surface area contributed by atoms with Crippen LogP contribution in [0.4, 0.5) is 0 Å². The minimum Gasteiger partial charge on any atom is -0.396 e. The highest BCUT2D eigenvalue weighted by atomic mass is 16.3. The molecule has 1 heterocycles. The van der Waals surface area contributed by atoms with Crippen molar-refractivity contribution < 1.29 is 10.2 Å². The predicted molar refractivity (Wildman–Crippen MR) is 52.5 cm³/mol. The maximum Gasteiger partial charge on any atom is 0.0540 e. The molecule has 1 saturated carbocycles. The van der Waals surface area contributed by atoms with Crippen LogP contribution in [0.2, 0.25) is 0 Å². The third-order valence-electron chi connectivity index (χ3n) is 2.79. The van der Waals surface area contributed by atoms with E-state index in [4.69, 9.17) is 10.2 Å². The Hall–Kier alpha value is -0.120. The van der Waals surface area contributed by atoms with E-state index in [0.29, 0.717) is 12.5 Å². The van der Waals surface area contributed by atoms with E-state index in [-0.39, 0.29) is 6.10 Å². The molecule has 0 radical (unpaired) electrons. The Morgan fingerprint density at radius 3 is 1.85 bits per heavy atom. The zero-order chi connectivity index (χ0) is 9.52. The highest BCUT2D eigenvalue weighted by Crippen LogP contribution is 2.16. The van der Waals surface area contributed by atoms with Crippen LogP contribution in [-0.4, -0.2) is 36.0 Å². The summed E-state index contributed by atoms with van der Waals surface area (Å²) < 4.78 is 0. The topological polar surface area (TPSA) is 52.5 Å². The zero-order valence-electron chi connectivity index (χ0n) is 8.21. The van der Waals surface area contributed by atoms with Gasteiger partial charge in [-0.1, -0.05) is 0 Å². The summed E-state index contributed by atoms with van der Waals surface area (Å²) in [5, 5.41) is 20.3. The fourth-order valence-electron chi connectivity index (χ4n) is 1.45. The summed E-state index contributed by atoms with van der Waals surface area (Å²) in [6.07, 6.45) is 5.68. The highest BCUT2D eigenvalue weighted by molar-refractivity contribution is 4.66. The van der Waals surface area contributed by atoms with Crippen molar-refractivity contribution in [1.82, 2.24) is 5.32 Å². The normalized spacial score (nSPS) is 24.5. The largest absolute Gasteiger partial charge is 0.396 e. The maximum absolute atomic E-state index is 8.66. The first-order valence-corrected chi connectivity index (χ1v) is 5.32. The van der Waals surface area contributed by atoms with Gasteiger partial charge in [0.15, 0.2) is 0 Å². The number of nitrogens with one attached hydrogen (secondary N) is 1. The quantitative estimate of drug-likeness (QED) is 0.560. The van der Waals surface area contributed by atoms with Gasteiger partial charge in [-0.3, -0.25) is 0 Å². The number of aliphatic hydroxyl groups is 2. The average molecular weight is 187 g/mol. The first-order valence-electron chi connectivity index (χ1n) is 5.32. The summed E-state index contributed by atoms with van der Waals surface area (Å²) in [6.45, 7) is 2.55. The van der Waals surface area contributed by atoms with Crippen LogP contribution in [0, 0.1) is 5.92 Å². The Morgan fingerprint density at radius 2 is 1.62 bits per heavy atom. The van der Waals surface area contributed by atoms with Crippen molar-refractivity contribution in [3.63, 3.8) is 0 Å². The lowest BCUT2D eigenvalue weighted by molar-refractivity contribution is 0.0950. The van der Waals surface area contributed by atoms with E-state index in [1.165, 1.54) is 6.42 Å². The molecule has 78 valence electrons. The molecule has 0 aromatic heterocycles. The molecule has 2 rings (SSSR count). The first kappa shape index (κ1) is 11.0. The predicted octanol–water partition coefficient (Wildman–Crippen LogP) is 0.509. The van der Waals surface area contributed by atoms with E-state index in [2.05, 4.69) is 5.32 Å². The molecule has 13 heavy (non-hydrogen) atoms. The number of aliphatic hydroxyl groups excluding tert-OH is 2. The molecular weight excluding hydrogens is 166 g/mol. The van der Waals surface area contributed by atoms with Crippen molar-refractivity contribution >= 4 is 0 Å². The molecule has 2 fully saturated rings. The molecule has 0 spiro atoms. The third kappa shape index (κ3) is 4.60. The van der Waals surface area contributed by atoms with Gasteiger partial charge in [0.25, 0.3) is 0 Å². The minimum atomic E-state index is 0.0648. The Kier molecular flexibility index (Phi) is 5.35. The van der Waals surface area contributed by atoms with Crippen LogP contribution in [0.5, 0.6) is 0 Å². The van der Waals surface area contributed by atoms with E-state index in [9.17, 15) is 0 Å². The van der Waals surface area contributed by atoms with Crippen LogP contribution in [-0.2, 0) is 0 Å². The van der Waals surface area contributed by atoms with Gasteiger partial charge < -0.3 is 15.5 Å². The van der Waals surface area contributed by atoms with E-state index < -0.39 is 0 Å². The lowest BCUT2D eigenvalue weighted by Gasteiger charge is -2.19. The van der Waals surface area contributed by atoms with Crippen LogP contribution >= 0.6 is 0 Å². The highest BCUT2D eigenvalue weighted by Gasteiger charge is 2.11. The van der Waals surface area contributed by atoms with Crippen molar-refractivity contribution in [2.45, 2.75) is 38.2 Å². The number of piperidine rings is 1. The number of hydrogen-bond acceptors (Lipinski definition) is 3. The summed E-state index contributed by atoms with van der Waals surface area (Å²) in [6, 6.07) is 0. The molecule has 3 N–H and O–H groups in total. The van der Waals surface area contributed by atoms with Crippen molar-refractivity contribution in [2.24, 2.45) is 5.92 Å². The average Bonchev–Trinajstić information content (AvgIpc) is 2.17. The second-order valence-electron chi connectivity index (χ2n) is 3.96. The summed E-state index contributed by atoms with van der Waals surface area (Å²) in [5.74, 6) is 0.580. The van der Waals surface area contributed by atoms with Gasteiger partial charge in [-0.25, -0.2) is 0 Å². The van der Waals surface area contributed by atoms with E-state index in [0.717, 1.165) is 38.8 Å². The van der Waals surface area contributed by atoms with Crippen molar-refractivity contribution in [1.29, 1.82) is 0 Å². The molecule has 0 bridgehead atoms. The summed E-state index contributed by atoms with van der Waals surface area (Å²) in [4.78, 5) is 0. The van der Waals surface area contributed by atoms with Gasteiger partial charge in [-0.15, -0.1) is 0 Å². The Labute approximate surface area is 80.2 Å². The van der Waals surface area contributed by atoms with Crippen LogP contribution < -0.4 is 5.32 Å². The van der Waals surface area contributed by atoms with Crippen LogP contribution in [0.1, 0.15) is 32.1 Å². The second-order valence-corrected chi connectivity index (χ2v) is 3.96. The fourth-order valence-corrected chi connectivity index (χ4v) is 1.45. The molecule has 3 heteroatoms. The van der Waals surface area contributed by atoms with Gasteiger partial charge in [-0.2, -0.15) is 0 Å². The molecule has 1 aliphatic carbocycles. The summed E-state index contributed by atoms with van der Waals surface area (Å²) in [7, 11) is 0. The van der Waals surface area contributed by atoms with Crippen molar-refractivity contribution in [3.05, 3.63) is 0 Å². The van der Waals surface area contributed by atoms with Crippen molar-refractivity contribution in [3.8, 4) is 0 Å². The number of hydrogen-bond donors (Lipinski definition) is 3. The first-order chi connectivity index (χ1) is 6.33. The van der Waals surface area contributed by atoms with Crippen LogP contribution in [0.25, 0.3) is 0 Å². The van der Waals surface area contributed by atoms with E-state index in [1.54, 1.807) is 0 Å². The van der Waals surface area contributed by atoms with Gasteiger partial charge in [0.1, 0.15) is 0 Å². The van der Waals surface area contributed by atoms with Gasteiger partial charge in [0.2, 0.25) is 0 Å². The second kappa shape index (κ2) is 6.35. The standard InChI is InChI=1S/C6H13NO.C4H8O/c8-5-6-1-3-7-4-2-6;5-4-2-1-3-4/h6-8H,1-5H2;4-5H,1-3H2. The summed E-state index contributed by atoms with van der Waals surface area (Å²) >= 11 is 0. The smallest absolute Gasteiger partial charge is 0.0540 e. The fraction of sp³-hybridized carbons (Fsp3) is 1.00. The van der Waals surface area contributed by atoms with Crippen LogP contribution in [0.3, 0.4) is 0 Å². The molecule has 1 aliphatic heterocycles. The van der Waals surface area contributed by atoms with Crippen molar-refractivity contribution in [2.75, 3.05) is 19.7 Å². The molecule has 3 nitrogen and oxygen atoms in total. The van der Waals surface area contributed by atoms with Gasteiger partial charge in [0.05, 0.1) is 6.10 Å². The zero-order valence-corrected chi connectivity index (χ0v) is 8.21. The molecule has 0 amide bonds.